The first-order valence-electron chi connectivity index (χ1n) is 15.1. The summed E-state index contributed by atoms with van der Waals surface area (Å²) >= 11 is 0. The smallest absolute Gasteiger partial charge is 0.340 e. The van der Waals surface area contributed by atoms with E-state index in [0.29, 0.717) is 11.6 Å². The van der Waals surface area contributed by atoms with Crippen molar-refractivity contribution in [2.24, 2.45) is 0 Å². The Labute approximate surface area is 241 Å². The first-order chi connectivity index (χ1) is 20.2. The van der Waals surface area contributed by atoms with Gasteiger partial charge in [-0.05, 0) is 68.1 Å². The number of benzene rings is 4. The second kappa shape index (κ2) is 9.69. The number of carbonyl (C=O) groups excluding carboxylic acids is 1. The van der Waals surface area contributed by atoms with Crippen LogP contribution in [0.15, 0.2) is 91.0 Å². The summed E-state index contributed by atoms with van der Waals surface area (Å²) in [5, 5.41) is 0. The molecule has 0 radical (unpaired) electrons. The molecule has 206 valence electrons. The molecule has 1 unspecified atom stereocenters. The van der Waals surface area contributed by atoms with E-state index in [1.807, 2.05) is 54.6 Å². The zero-order valence-corrected chi connectivity index (χ0v) is 23.2. The molecule has 4 aromatic carbocycles. The Bertz CT molecular complexity index is 1640. The van der Waals surface area contributed by atoms with E-state index in [0.717, 1.165) is 59.8 Å². The highest BCUT2D eigenvalue weighted by Crippen LogP contribution is 2.59. The summed E-state index contributed by atoms with van der Waals surface area (Å²) in [5.74, 6) is 1.17. The molecule has 3 aliphatic heterocycles. The van der Waals surface area contributed by atoms with Crippen molar-refractivity contribution in [3.05, 3.63) is 113 Å². The third kappa shape index (κ3) is 3.78. The minimum atomic E-state index is -1.09. The Balaban J connectivity index is 1.38. The predicted molar refractivity (Wildman–Crippen MR) is 162 cm³/mol. The quantitative estimate of drug-likeness (QED) is 0.243. The molecule has 4 aliphatic rings. The van der Waals surface area contributed by atoms with Crippen molar-refractivity contribution in [2.45, 2.75) is 56.6 Å². The molecule has 1 saturated carbocycles. The predicted octanol–water partition coefficient (Wildman–Crippen LogP) is 8.33. The summed E-state index contributed by atoms with van der Waals surface area (Å²) < 4.78 is 13.2. The summed E-state index contributed by atoms with van der Waals surface area (Å²) in [6.07, 6.45) is 8.43. The molecule has 0 bridgehead atoms. The van der Waals surface area contributed by atoms with Crippen molar-refractivity contribution in [3.63, 3.8) is 0 Å². The van der Waals surface area contributed by atoms with E-state index >= 15 is 0 Å². The van der Waals surface area contributed by atoms with Gasteiger partial charge >= 0.3 is 5.97 Å². The zero-order chi connectivity index (χ0) is 27.4. The van der Waals surface area contributed by atoms with Crippen molar-refractivity contribution >= 4 is 23.0 Å². The molecule has 1 atom stereocenters. The lowest BCUT2D eigenvalue weighted by atomic mass is 9.76. The van der Waals surface area contributed by atoms with Gasteiger partial charge in [-0.3, -0.25) is 0 Å². The molecule has 0 amide bonds. The summed E-state index contributed by atoms with van der Waals surface area (Å²) in [6.45, 7) is 2.21. The van der Waals surface area contributed by atoms with Crippen LogP contribution < -0.4 is 14.5 Å². The van der Waals surface area contributed by atoms with Crippen molar-refractivity contribution in [2.75, 3.05) is 22.9 Å². The Morgan fingerprint density at radius 2 is 1.46 bits per heavy atom. The van der Waals surface area contributed by atoms with Crippen LogP contribution in [0, 0.1) is 0 Å². The number of nitrogens with zero attached hydrogens (tertiary/aromatic N) is 2. The van der Waals surface area contributed by atoms with E-state index in [4.69, 9.17) is 9.47 Å². The van der Waals surface area contributed by atoms with Gasteiger partial charge in [0.05, 0.1) is 16.8 Å². The van der Waals surface area contributed by atoms with Gasteiger partial charge in [0.1, 0.15) is 11.5 Å². The standard InChI is InChI=1S/C36H34N2O3/c39-35-28-16-4-5-17-29(28)36(41-35)30-18-6-7-20-32(30)40-33-21-11-19-31(34(33)36)38(25-12-2-1-3-13-25)27-15-10-14-26(24-27)37-22-8-9-23-37/h4-7,10-11,14-21,24-25H,1-3,8-9,12-13,22-23H2. The van der Waals surface area contributed by atoms with Crippen molar-refractivity contribution in [1.29, 1.82) is 0 Å². The molecule has 1 saturated heterocycles. The molecule has 0 N–H and O–H groups in total. The molecular formula is C36H34N2O3. The number of rotatable bonds is 4. The first kappa shape index (κ1) is 24.5. The van der Waals surface area contributed by atoms with E-state index in [9.17, 15) is 4.79 Å². The fourth-order valence-corrected chi connectivity index (χ4v) is 7.56. The van der Waals surface area contributed by atoms with Crippen LogP contribution in [0.25, 0.3) is 0 Å². The van der Waals surface area contributed by atoms with Crippen LogP contribution in [0.5, 0.6) is 11.5 Å². The fraction of sp³-hybridized carbons (Fsp3) is 0.306. The molecule has 1 spiro atoms. The number of para-hydroxylation sites is 1. The molecular weight excluding hydrogens is 508 g/mol. The highest BCUT2D eigenvalue weighted by molar-refractivity contribution is 5.98. The van der Waals surface area contributed by atoms with Gasteiger partial charge in [-0.15, -0.1) is 0 Å². The average Bonchev–Trinajstić information content (AvgIpc) is 3.66. The number of esters is 1. The van der Waals surface area contributed by atoms with Crippen LogP contribution in [0.4, 0.5) is 17.1 Å². The van der Waals surface area contributed by atoms with Gasteiger partial charge in [0.15, 0.2) is 5.60 Å². The lowest BCUT2D eigenvalue weighted by Crippen LogP contribution is -2.38. The van der Waals surface area contributed by atoms with Gasteiger partial charge in [-0.1, -0.05) is 67.8 Å². The number of carbonyl (C=O) groups is 1. The van der Waals surface area contributed by atoms with Crippen LogP contribution in [-0.2, 0) is 10.3 Å². The number of hydrogen-bond donors (Lipinski definition) is 0. The molecule has 1 aliphatic carbocycles. The second-order valence-corrected chi connectivity index (χ2v) is 11.7. The van der Waals surface area contributed by atoms with Crippen molar-refractivity contribution in [1.82, 2.24) is 0 Å². The van der Waals surface area contributed by atoms with Crippen LogP contribution in [0.2, 0.25) is 0 Å². The van der Waals surface area contributed by atoms with Gasteiger partial charge in [0.2, 0.25) is 0 Å². The lowest BCUT2D eigenvalue weighted by Gasteiger charge is -2.43. The summed E-state index contributed by atoms with van der Waals surface area (Å²) in [4.78, 5) is 18.6. The van der Waals surface area contributed by atoms with E-state index in [2.05, 4.69) is 46.2 Å². The molecule has 4 aromatic rings. The van der Waals surface area contributed by atoms with E-state index in [-0.39, 0.29) is 5.97 Å². The zero-order valence-electron chi connectivity index (χ0n) is 23.2. The fourth-order valence-electron chi connectivity index (χ4n) is 7.56. The molecule has 0 aromatic heterocycles. The van der Waals surface area contributed by atoms with Gasteiger partial charge in [-0.25, -0.2) is 4.79 Å². The summed E-state index contributed by atoms with van der Waals surface area (Å²) in [6, 6.07) is 31.5. The molecule has 8 rings (SSSR count). The highest BCUT2D eigenvalue weighted by Gasteiger charge is 2.55. The minimum Gasteiger partial charge on any atom is -0.456 e. The normalized spacial score (nSPS) is 21.2. The molecule has 2 fully saturated rings. The van der Waals surface area contributed by atoms with Gasteiger partial charge < -0.3 is 19.3 Å². The summed E-state index contributed by atoms with van der Waals surface area (Å²) in [7, 11) is 0. The van der Waals surface area contributed by atoms with E-state index < -0.39 is 5.60 Å². The Kier molecular flexibility index (Phi) is 5.80. The maximum absolute atomic E-state index is 13.5. The van der Waals surface area contributed by atoms with Gasteiger partial charge in [0.25, 0.3) is 0 Å². The monoisotopic (exact) mass is 542 g/mol. The third-order valence-electron chi connectivity index (χ3n) is 9.39. The maximum Gasteiger partial charge on any atom is 0.340 e. The molecule has 41 heavy (non-hydrogen) atoms. The highest BCUT2D eigenvalue weighted by atomic mass is 16.6. The van der Waals surface area contributed by atoms with Gasteiger partial charge in [-0.2, -0.15) is 0 Å². The van der Waals surface area contributed by atoms with Crippen LogP contribution >= 0.6 is 0 Å². The number of hydrogen-bond acceptors (Lipinski definition) is 5. The maximum atomic E-state index is 13.5. The number of anilines is 3. The largest absolute Gasteiger partial charge is 0.456 e. The van der Waals surface area contributed by atoms with Gasteiger partial charge in [0, 0.05) is 41.6 Å². The number of fused-ring (bicyclic) bond motifs is 6. The minimum absolute atomic E-state index is 0.293. The molecule has 5 heteroatoms. The van der Waals surface area contributed by atoms with E-state index in [1.165, 1.54) is 43.5 Å². The van der Waals surface area contributed by atoms with Crippen molar-refractivity contribution in [3.8, 4) is 11.5 Å². The van der Waals surface area contributed by atoms with Crippen molar-refractivity contribution < 1.29 is 14.3 Å². The Morgan fingerprint density at radius 1 is 0.732 bits per heavy atom. The Hall–Kier alpha value is -4.25. The van der Waals surface area contributed by atoms with Crippen LogP contribution in [-0.4, -0.2) is 25.1 Å². The topological polar surface area (TPSA) is 42.0 Å². The summed E-state index contributed by atoms with van der Waals surface area (Å²) in [5.41, 5.74) is 5.69. The average molecular weight is 543 g/mol. The lowest BCUT2D eigenvalue weighted by molar-refractivity contribution is 0.0226. The molecule has 5 nitrogen and oxygen atoms in total. The SMILES string of the molecule is O=C1OC2(c3ccccc3Oc3cccc(N(c4cccc(N5CCCC5)c4)C4CCCCC4)c32)c2ccccc21. The second-order valence-electron chi connectivity index (χ2n) is 11.7. The first-order valence-corrected chi connectivity index (χ1v) is 15.1. The third-order valence-corrected chi connectivity index (χ3v) is 9.39. The molecule has 3 heterocycles. The Morgan fingerprint density at radius 3 is 2.32 bits per heavy atom. The van der Waals surface area contributed by atoms with Crippen LogP contribution in [0.3, 0.4) is 0 Å². The van der Waals surface area contributed by atoms with E-state index in [1.54, 1.807) is 0 Å². The van der Waals surface area contributed by atoms with Crippen LogP contribution in [0.1, 0.15) is 72.0 Å². The number of ether oxygens (including phenoxy) is 2.